The average molecular weight is 227 g/mol. The van der Waals surface area contributed by atoms with Crippen LogP contribution in [0.25, 0.3) is 0 Å². The van der Waals surface area contributed by atoms with Gasteiger partial charge in [0, 0.05) is 18.9 Å². The summed E-state index contributed by atoms with van der Waals surface area (Å²) in [7, 11) is 3.99. The smallest absolute Gasteiger partial charge is 0.140 e. The molecule has 0 aromatic carbocycles. The van der Waals surface area contributed by atoms with Crippen molar-refractivity contribution in [2.45, 2.75) is 51.7 Å². The Hall–Kier alpha value is -0.410. The number of carbonyl (C=O) groups is 1. The molecule has 0 aliphatic carbocycles. The number of ether oxygens (including phenoxy) is 1. The molecule has 1 aliphatic rings. The molecule has 1 unspecified atom stereocenters. The lowest BCUT2D eigenvalue weighted by Crippen LogP contribution is -2.34. The van der Waals surface area contributed by atoms with Crippen molar-refractivity contribution in [2.75, 3.05) is 20.6 Å². The molecule has 1 saturated heterocycles. The first-order valence-corrected chi connectivity index (χ1v) is 6.02. The van der Waals surface area contributed by atoms with E-state index >= 15 is 0 Å². The van der Waals surface area contributed by atoms with Gasteiger partial charge in [0.25, 0.3) is 0 Å². The summed E-state index contributed by atoms with van der Waals surface area (Å²) in [6.45, 7) is 9.01. The Kier molecular flexibility index (Phi) is 3.80. The molecule has 0 aromatic heterocycles. The maximum Gasteiger partial charge on any atom is 0.140 e. The van der Waals surface area contributed by atoms with Crippen molar-refractivity contribution >= 4 is 5.78 Å². The molecular formula is C13H25NO2. The van der Waals surface area contributed by atoms with Gasteiger partial charge in [-0.3, -0.25) is 4.79 Å². The molecule has 1 aliphatic heterocycles. The zero-order valence-corrected chi connectivity index (χ0v) is 11.5. The second kappa shape index (κ2) is 4.46. The molecule has 1 heterocycles. The van der Waals surface area contributed by atoms with Gasteiger partial charge >= 0.3 is 0 Å². The number of Topliss-reactive ketones (excluding diaryl/α,β-unsaturated/α-hetero) is 1. The molecule has 1 atom stereocenters. The van der Waals surface area contributed by atoms with Crippen molar-refractivity contribution in [3.05, 3.63) is 0 Å². The molecule has 94 valence electrons. The van der Waals surface area contributed by atoms with Gasteiger partial charge in [0.1, 0.15) is 5.78 Å². The molecule has 0 bridgehead atoms. The highest BCUT2D eigenvalue weighted by Gasteiger charge is 2.48. The fourth-order valence-electron chi connectivity index (χ4n) is 2.57. The van der Waals surface area contributed by atoms with Crippen LogP contribution in [-0.4, -0.2) is 42.5 Å². The summed E-state index contributed by atoms with van der Waals surface area (Å²) in [6, 6.07) is 0. The van der Waals surface area contributed by atoms with Crippen LogP contribution >= 0.6 is 0 Å². The minimum atomic E-state index is -0.313. The highest BCUT2D eigenvalue weighted by Crippen LogP contribution is 2.42. The van der Waals surface area contributed by atoms with Crippen LogP contribution in [-0.2, 0) is 9.53 Å². The highest BCUT2D eigenvalue weighted by atomic mass is 16.5. The molecular weight excluding hydrogens is 202 g/mol. The predicted octanol–water partition coefficient (Wildman–Crippen LogP) is 2.10. The number of ketones is 1. The average Bonchev–Trinajstić information content (AvgIpc) is 2.30. The Morgan fingerprint density at radius 1 is 1.31 bits per heavy atom. The van der Waals surface area contributed by atoms with Crippen LogP contribution in [0.3, 0.4) is 0 Å². The molecule has 0 saturated carbocycles. The van der Waals surface area contributed by atoms with E-state index in [1.807, 2.05) is 32.8 Å². The van der Waals surface area contributed by atoms with E-state index in [0.29, 0.717) is 12.2 Å². The molecule has 3 nitrogen and oxygen atoms in total. The summed E-state index contributed by atoms with van der Waals surface area (Å²) in [5.41, 5.74) is -0.477. The Bertz CT molecular complexity index is 269. The summed E-state index contributed by atoms with van der Waals surface area (Å²) in [4.78, 5) is 14.2. The third kappa shape index (κ3) is 3.29. The van der Waals surface area contributed by atoms with Crippen molar-refractivity contribution in [1.82, 2.24) is 4.90 Å². The van der Waals surface area contributed by atoms with Crippen LogP contribution in [0, 0.1) is 5.92 Å². The van der Waals surface area contributed by atoms with Crippen molar-refractivity contribution < 1.29 is 9.53 Å². The number of hydrogen-bond acceptors (Lipinski definition) is 3. The van der Waals surface area contributed by atoms with Crippen LogP contribution in [0.5, 0.6) is 0 Å². The maximum absolute atomic E-state index is 12.1. The van der Waals surface area contributed by atoms with Gasteiger partial charge in [0.2, 0.25) is 0 Å². The van der Waals surface area contributed by atoms with E-state index in [4.69, 9.17) is 4.74 Å². The molecule has 0 radical (unpaired) electrons. The number of nitrogens with zero attached hydrogens (tertiary/aromatic N) is 1. The van der Waals surface area contributed by atoms with Crippen molar-refractivity contribution in [3.8, 4) is 0 Å². The summed E-state index contributed by atoms with van der Waals surface area (Å²) in [5.74, 6) is 0.381. The number of hydrogen-bond donors (Lipinski definition) is 0. The van der Waals surface area contributed by atoms with E-state index in [1.165, 1.54) is 0 Å². The van der Waals surface area contributed by atoms with E-state index in [2.05, 4.69) is 13.8 Å². The van der Waals surface area contributed by atoms with Crippen LogP contribution in [0.1, 0.15) is 40.5 Å². The second-order valence-electron chi connectivity index (χ2n) is 6.24. The van der Waals surface area contributed by atoms with Crippen LogP contribution < -0.4 is 0 Å². The first-order valence-electron chi connectivity index (χ1n) is 6.02. The lowest BCUT2D eigenvalue weighted by atomic mass is 9.83. The monoisotopic (exact) mass is 227 g/mol. The predicted molar refractivity (Wildman–Crippen MR) is 65.5 cm³/mol. The van der Waals surface area contributed by atoms with Crippen molar-refractivity contribution in [1.29, 1.82) is 0 Å². The van der Waals surface area contributed by atoms with Crippen LogP contribution in [0.2, 0.25) is 0 Å². The van der Waals surface area contributed by atoms with E-state index in [9.17, 15) is 4.79 Å². The lowest BCUT2D eigenvalue weighted by Gasteiger charge is -2.26. The largest absolute Gasteiger partial charge is 0.369 e. The first-order chi connectivity index (χ1) is 7.14. The van der Waals surface area contributed by atoms with Gasteiger partial charge in [0.15, 0.2) is 0 Å². The minimum Gasteiger partial charge on any atom is -0.369 e. The van der Waals surface area contributed by atoms with Crippen molar-refractivity contribution in [3.63, 3.8) is 0 Å². The first kappa shape index (κ1) is 13.7. The van der Waals surface area contributed by atoms with Gasteiger partial charge in [-0.2, -0.15) is 0 Å². The summed E-state index contributed by atoms with van der Waals surface area (Å²) in [6.07, 6.45) is 1.47. The Balaban J connectivity index is 2.63. The molecule has 1 rings (SSSR count). The summed E-state index contributed by atoms with van der Waals surface area (Å²) < 4.78 is 5.94. The molecule has 0 spiro atoms. The van der Waals surface area contributed by atoms with E-state index in [-0.39, 0.29) is 17.1 Å². The SMILES string of the molecule is CN(C)CCC(=O)C1CC(C)(C)OC1(C)C. The number of carbonyl (C=O) groups excluding carboxylic acids is 1. The molecule has 0 amide bonds. The van der Waals surface area contributed by atoms with Gasteiger partial charge in [-0.1, -0.05) is 0 Å². The molecule has 3 heteroatoms. The molecule has 16 heavy (non-hydrogen) atoms. The van der Waals surface area contributed by atoms with Gasteiger partial charge in [-0.05, 0) is 48.2 Å². The summed E-state index contributed by atoms with van der Waals surface area (Å²) in [5, 5.41) is 0. The number of rotatable bonds is 4. The lowest BCUT2D eigenvalue weighted by molar-refractivity contribution is -0.129. The topological polar surface area (TPSA) is 29.5 Å². The zero-order valence-electron chi connectivity index (χ0n) is 11.5. The van der Waals surface area contributed by atoms with Crippen LogP contribution in [0.15, 0.2) is 0 Å². The Labute approximate surface area is 99.1 Å². The fourth-order valence-corrected chi connectivity index (χ4v) is 2.57. The Morgan fingerprint density at radius 2 is 1.88 bits per heavy atom. The van der Waals surface area contributed by atoms with Gasteiger partial charge < -0.3 is 9.64 Å². The third-order valence-corrected chi connectivity index (χ3v) is 3.27. The van der Waals surface area contributed by atoms with E-state index in [1.54, 1.807) is 0 Å². The van der Waals surface area contributed by atoms with Gasteiger partial charge in [-0.25, -0.2) is 0 Å². The molecule has 0 N–H and O–H groups in total. The quantitative estimate of drug-likeness (QED) is 0.736. The fraction of sp³-hybridized carbons (Fsp3) is 0.923. The molecule has 1 fully saturated rings. The summed E-state index contributed by atoms with van der Waals surface area (Å²) >= 11 is 0. The molecule has 0 aromatic rings. The zero-order chi connectivity index (χ0) is 12.6. The Morgan fingerprint density at radius 3 is 2.25 bits per heavy atom. The maximum atomic E-state index is 12.1. The highest BCUT2D eigenvalue weighted by molar-refractivity contribution is 5.82. The van der Waals surface area contributed by atoms with Crippen molar-refractivity contribution in [2.24, 2.45) is 5.92 Å². The standard InChI is InChI=1S/C13H25NO2/c1-12(2)9-10(13(3,4)16-12)11(15)7-8-14(5)6/h10H,7-9H2,1-6H3. The normalized spacial score (nSPS) is 27.3. The van der Waals surface area contributed by atoms with E-state index < -0.39 is 0 Å². The van der Waals surface area contributed by atoms with Gasteiger partial charge in [0.05, 0.1) is 11.2 Å². The third-order valence-electron chi connectivity index (χ3n) is 3.27. The van der Waals surface area contributed by atoms with Gasteiger partial charge in [-0.15, -0.1) is 0 Å². The second-order valence-corrected chi connectivity index (χ2v) is 6.24. The van der Waals surface area contributed by atoms with Crippen LogP contribution in [0.4, 0.5) is 0 Å². The van der Waals surface area contributed by atoms with E-state index in [0.717, 1.165) is 13.0 Å². The minimum absolute atomic E-state index is 0.0439.